The number of H-pyrrole nitrogens is 1. The van der Waals surface area contributed by atoms with Crippen molar-refractivity contribution in [2.24, 2.45) is 5.92 Å². The lowest BCUT2D eigenvalue weighted by Gasteiger charge is -2.25. The number of nitrogen functional groups attached to an aromatic ring is 1. The number of carbonyl (C=O) groups excluding carboxylic acids is 1. The number of anilines is 2. The van der Waals surface area contributed by atoms with E-state index < -0.39 is 36.5 Å². The first-order valence-electron chi connectivity index (χ1n) is 8.55. The number of nitrogens with zero attached hydrogens (tertiary/aromatic N) is 2. The van der Waals surface area contributed by atoms with Crippen LogP contribution in [0.2, 0.25) is 0 Å². The average molecular weight is 394 g/mol. The van der Waals surface area contributed by atoms with Crippen molar-refractivity contribution in [2.45, 2.75) is 46.3 Å². The molecule has 8 nitrogen and oxygen atoms in total. The molecular weight excluding hydrogens is 369 g/mol. The highest BCUT2D eigenvalue weighted by atomic mass is 19.4. The SMILES string of the molecule is CCCCN(C(=O)COCC(F)(F)F)c1c(N)n(CC(C)C)c(=O)[nH]c1=O. The van der Waals surface area contributed by atoms with Crippen molar-refractivity contribution in [1.29, 1.82) is 0 Å². The molecule has 0 aliphatic carbocycles. The number of ether oxygens (including phenoxy) is 1. The molecule has 0 spiro atoms. The van der Waals surface area contributed by atoms with Crippen molar-refractivity contribution in [1.82, 2.24) is 9.55 Å². The molecule has 0 radical (unpaired) electrons. The first-order chi connectivity index (χ1) is 12.5. The van der Waals surface area contributed by atoms with Gasteiger partial charge in [-0.15, -0.1) is 0 Å². The molecule has 0 bridgehead atoms. The third kappa shape index (κ3) is 6.74. The Bertz CT molecular complexity index is 756. The monoisotopic (exact) mass is 394 g/mol. The zero-order valence-electron chi connectivity index (χ0n) is 15.6. The van der Waals surface area contributed by atoms with Crippen LogP contribution in [0.3, 0.4) is 0 Å². The standard InChI is InChI=1S/C16H25F3N4O4/c1-4-5-6-22(11(24)8-27-9-16(17,18)19)12-13(20)23(7-10(2)3)15(26)21-14(12)25/h10H,4-9,20H2,1-3H3,(H,21,25,26). The van der Waals surface area contributed by atoms with Gasteiger partial charge in [0.15, 0.2) is 5.69 Å². The zero-order chi connectivity index (χ0) is 20.8. The molecule has 0 unspecified atom stereocenters. The summed E-state index contributed by atoms with van der Waals surface area (Å²) in [7, 11) is 0. The Kier molecular flexibility index (Phi) is 8.07. The van der Waals surface area contributed by atoms with Gasteiger partial charge in [-0.05, 0) is 12.3 Å². The lowest BCUT2D eigenvalue weighted by atomic mass is 10.2. The minimum atomic E-state index is -4.57. The maximum absolute atomic E-state index is 12.4. The van der Waals surface area contributed by atoms with E-state index in [2.05, 4.69) is 9.72 Å². The maximum atomic E-state index is 12.4. The fraction of sp³-hybridized carbons (Fsp3) is 0.688. The van der Waals surface area contributed by atoms with Gasteiger partial charge in [-0.1, -0.05) is 27.2 Å². The second-order valence-electron chi connectivity index (χ2n) is 6.50. The van der Waals surface area contributed by atoms with Crippen LogP contribution in [0.5, 0.6) is 0 Å². The molecule has 0 aromatic carbocycles. The quantitative estimate of drug-likeness (QED) is 0.659. The van der Waals surface area contributed by atoms with E-state index in [-0.39, 0.29) is 30.5 Å². The van der Waals surface area contributed by atoms with E-state index in [0.29, 0.717) is 12.8 Å². The summed E-state index contributed by atoms with van der Waals surface area (Å²) in [6, 6.07) is 0. The van der Waals surface area contributed by atoms with Crippen molar-refractivity contribution in [3.05, 3.63) is 20.8 Å². The van der Waals surface area contributed by atoms with E-state index in [1.54, 1.807) is 0 Å². The summed E-state index contributed by atoms with van der Waals surface area (Å²) in [5.41, 5.74) is 4.12. The molecule has 3 N–H and O–H groups in total. The second-order valence-corrected chi connectivity index (χ2v) is 6.50. The van der Waals surface area contributed by atoms with Gasteiger partial charge in [0.05, 0.1) is 0 Å². The molecule has 1 aromatic rings. The summed E-state index contributed by atoms with van der Waals surface area (Å²) in [6.07, 6.45) is -3.43. The lowest BCUT2D eigenvalue weighted by Crippen LogP contribution is -2.43. The summed E-state index contributed by atoms with van der Waals surface area (Å²) in [5.74, 6) is -1.03. The van der Waals surface area contributed by atoms with Crippen molar-refractivity contribution in [3.8, 4) is 0 Å². The fourth-order valence-corrected chi connectivity index (χ4v) is 2.39. The van der Waals surface area contributed by atoms with Gasteiger partial charge in [-0.2, -0.15) is 13.2 Å². The number of amides is 1. The molecule has 1 amide bonds. The molecule has 0 saturated heterocycles. The minimum absolute atomic E-state index is 0.0265. The molecule has 11 heteroatoms. The minimum Gasteiger partial charge on any atom is -0.383 e. The van der Waals surface area contributed by atoms with Gasteiger partial charge >= 0.3 is 11.9 Å². The van der Waals surface area contributed by atoms with E-state index in [1.165, 1.54) is 0 Å². The van der Waals surface area contributed by atoms with E-state index in [4.69, 9.17) is 5.73 Å². The number of nitrogens with one attached hydrogen (secondary N) is 1. The molecule has 154 valence electrons. The maximum Gasteiger partial charge on any atom is 0.411 e. The van der Waals surface area contributed by atoms with Crippen LogP contribution >= 0.6 is 0 Å². The zero-order valence-corrected chi connectivity index (χ0v) is 15.6. The van der Waals surface area contributed by atoms with Crippen LogP contribution in [0, 0.1) is 5.92 Å². The van der Waals surface area contributed by atoms with Crippen molar-refractivity contribution in [2.75, 3.05) is 30.4 Å². The molecule has 0 atom stereocenters. The highest BCUT2D eigenvalue weighted by Crippen LogP contribution is 2.19. The number of halogens is 3. The van der Waals surface area contributed by atoms with Crippen LogP contribution in [0.25, 0.3) is 0 Å². The van der Waals surface area contributed by atoms with E-state index in [0.717, 1.165) is 9.47 Å². The van der Waals surface area contributed by atoms with Crippen molar-refractivity contribution >= 4 is 17.4 Å². The molecule has 1 rings (SSSR count). The molecule has 1 heterocycles. The molecule has 0 saturated carbocycles. The van der Waals surface area contributed by atoms with Crippen LogP contribution in [-0.4, -0.2) is 41.4 Å². The van der Waals surface area contributed by atoms with Gasteiger partial charge < -0.3 is 15.4 Å². The van der Waals surface area contributed by atoms with Crippen LogP contribution in [0.1, 0.15) is 33.6 Å². The number of hydrogen-bond acceptors (Lipinski definition) is 5. The third-order valence-electron chi connectivity index (χ3n) is 3.56. The average Bonchev–Trinajstić information content (AvgIpc) is 2.52. The predicted molar refractivity (Wildman–Crippen MR) is 94.7 cm³/mol. The largest absolute Gasteiger partial charge is 0.411 e. The van der Waals surface area contributed by atoms with Gasteiger partial charge in [0, 0.05) is 13.1 Å². The number of nitrogens with two attached hydrogens (primary N) is 1. The van der Waals surface area contributed by atoms with Gasteiger partial charge in [0.25, 0.3) is 11.5 Å². The summed E-state index contributed by atoms with van der Waals surface area (Å²) in [6.45, 7) is 3.32. The topological polar surface area (TPSA) is 110 Å². The smallest absolute Gasteiger partial charge is 0.383 e. The fourth-order valence-electron chi connectivity index (χ4n) is 2.39. The highest BCUT2D eigenvalue weighted by Gasteiger charge is 2.29. The third-order valence-corrected chi connectivity index (χ3v) is 3.56. The van der Waals surface area contributed by atoms with Gasteiger partial charge in [-0.3, -0.25) is 19.1 Å². The summed E-state index contributed by atoms with van der Waals surface area (Å²) < 4.78 is 42.2. The number of aromatic amines is 1. The highest BCUT2D eigenvalue weighted by molar-refractivity contribution is 5.96. The van der Waals surface area contributed by atoms with Crippen LogP contribution in [-0.2, 0) is 16.1 Å². The van der Waals surface area contributed by atoms with Crippen LogP contribution in [0.4, 0.5) is 24.7 Å². The number of hydrogen-bond donors (Lipinski definition) is 2. The molecule has 0 aliphatic heterocycles. The Morgan fingerprint density at radius 1 is 1.33 bits per heavy atom. The second kappa shape index (κ2) is 9.58. The molecule has 0 fully saturated rings. The Balaban J connectivity index is 3.24. The van der Waals surface area contributed by atoms with Crippen molar-refractivity contribution in [3.63, 3.8) is 0 Å². The number of carbonyl (C=O) groups is 1. The summed E-state index contributed by atoms with van der Waals surface area (Å²) >= 11 is 0. The van der Waals surface area contributed by atoms with E-state index >= 15 is 0 Å². The van der Waals surface area contributed by atoms with Crippen LogP contribution < -0.4 is 21.9 Å². The van der Waals surface area contributed by atoms with Crippen molar-refractivity contribution < 1.29 is 22.7 Å². The van der Waals surface area contributed by atoms with Gasteiger partial charge in [0.2, 0.25) is 0 Å². The normalized spacial score (nSPS) is 11.8. The van der Waals surface area contributed by atoms with E-state index in [1.807, 2.05) is 20.8 Å². The molecular formula is C16H25F3N4O4. The van der Waals surface area contributed by atoms with E-state index in [9.17, 15) is 27.6 Å². The molecule has 0 aliphatic rings. The van der Waals surface area contributed by atoms with Gasteiger partial charge in [0.1, 0.15) is 19.0 Å². The van der Waals surface area contributed by atoms with Crippen LogP contribution in [0.15, 0.2) is 9.59 Å². The number of aromatic nitrogens is 2. The Labute approximate surface area is 154 Å². The van der Waals surface area contributed by atoms with Gasteiger partial charge in [-0.25, -0.2) is 4.79 Å². The predicted octanol–water partition coefficient (Wildman–Crippen LogP) is 1.49. The molecule has 27 heavy (non-hydrogen) atoms. The summed E-state index contributed by atoms with van der Waals surface area (Å²) in [5, 5.41) is 0. The number of rotatable bonds is 9. The Morgan fingerprint density at radius 2 is 1.96 bits per heavy atom. The molecule has 1 aromatic heterocycles. The summed E-state index contributed by atoms with van der Waals surface area (Å²) in [4.78, 5) is 39.8. The Hall–Kier alpha value is -2.30. The number of alkyl halides is 3. The lowest BCUT2D eigenvalue weighted by molar-refractivity contribution is -0.175. The Morgan fingerprint density at radius 3 is 2.48 bits per heavy atom. The number of unbranched alkanes of at least 4 members (excludes halogenated alkanes) is 1. The first kappa shape index (κ1) is 22.7. The first-order valence-corrected chi connectivity index (χ1v) is 8.55.